The zero-order valence-electron chi connectivity index (χ0n) is 14.8. The highest BCUT2D eigenvalue weighted by Crippen LogP contribution is 2.22. The molecular weight excluding hydrogens is 330 g/mol. The summed E-state index contributed by atoms with van der Waals surface area (Å²) >= 11 is 0. The van der Waals surface area contributed by atoms with Crippen LogP contribution in [0.2, 0.25) is 0 Å². The fourth-order valence-electron chi connectivity index (χ4n) is 2.69. The zero-order chi connectivity index (χ0) is 18.4. The van der Waals surface area contributed by atoms with Crippen molar-refractivity contribution in [1.82, 2.24) is 4.98 Å². The minimum atomic E-state index is -0.726. The molecule has 1 aromatic heterocycles. The van der Waals surface area contributed by atoms with Gasteiger partial charge in [0.25, 0.3) is 0 Å². The van der Waals surface area contributed by atoms with E-state index in [1.807, 2.05) is 61.5 Å². The molecule has 0 saturated carbocycles. The first-order valence-electron chi connectivity index (χ1n) is 8.68. The lowest BCUT2D eigenvalue weighted by Gasteiger charge is -2.09. The van der Waals surface area contributed by atoms with E-state index in [1.165, 1.54) is 0 Å². The minimum Gasteiger partial charge on any atom is -0.493 e. The van der Waals surface area contributed by atoms with E-state index in [4.69, 9.17) is 14.3 Å². The van der Waals surface area contributed by atoms with Gasteiger partial charge in [0.15, 0.2) is 0 Å². The second-order valence-electron chi connectivity index (χ2n) is 6.17. The van der Waals surface area contributed by atoms with E-state index in [2.05, 4.69) is 4.98 Å². The monoisotopic (exact) mass is 353 g/mol. The van der Waals surface area contributed by atoms with Gasteiger partial charge in [0.05, 0.1) is 25.0 Å². The Morgan fingerprint density at radius 3 is 2.50 bits per heavy atom. The van der Waals surface area contributed by atoms with Crippen LogP contribution >= 0.6 is 0 Å². The quantitative estimate of drug-likeness (QED) is 0.650. The Labute approximate surface area is 152 Å². The van der Waals surface area contributed by atoms with Crippen LogP contribution in [0.3, 0.4) is 0 Å². The molecule has 0 amide bonds. The van der Waals surface area contributed by atoms with Crippen LogP contribution in [-0.4, -0.2) is 34.5 Å². The van der Waals surface area contributed by atoms with Crippen molar-refractivity contribution >= 4 is 0 Å². The molecule has 1 heterocycles. The van der Waals surface area contributed by atoms with E-state index in [9.17, 15) is 5.11 Å². The molecular formula is C21H23NO4. The van der Waals surface area contributed by atoms with Gasteiger partial charge in [-0.25, -0.2) is 4.98 Å². The summed E-state index contributed by atoms with van der Waals surface area (Å²) in [5.41, 5.74) is 2.81. The van der Waals surface area contributed by atoms with Crippen LogP contribution in [0.5, 0.6) is 5.75 Å². The van der Waals surface area contributed by atoms with Gasteiger partial charge in [-0.1, -0.05) is 30.3 Å². The number of aromatic nitrogens is 1. The third kappa shape index (κ3) is 4.71. The number of aliphatic hydroxyl groups excluding tert-OH is 2. The molecule has 0 saturated heterocycles. The van der Waals surface area contributed by atoms with Crippen molar-refractivity contribution in [2.45, 2.75) is 25.9 Å². The van der Waals surface area contributed by atoms with Crippen molar-refractivity contribution < 1.29 is 19.4 Å². The Balaban J connectivity index is 1.54. The molecule has 5 heteroatoms. The third-order valence-corrected chi connectivity index (χ3v) is 4.13. The fourth-order valence-corrected chi connectivity index (χ4v) is 2.69. The molecule has 0 aliphatic heterocycles. The zero-order valence-corrected chi connectivity index (χ0v) is 14.8. The molecule has 0 fully saturated rings. The van der Waals surface area contributed by atoms with Crippen LogP contribution in [0.1, 0.15) is 17.0 Å². The van der Waals surface area contributed by atoms with Gasteiger partial charge in [-0.2, -0.15) is 0 Å². The molecule has 0 spiro atoms. The molecule has 5 nitrogen and oxygen atoms in total. The van der Waals surface area contributed by atoms with Crippen molar-refractivity contribution in [3.05, 3.63) is 71.6 Å². The first kappa shape index (κ1) is 18.2. The molecule has 0 aliphatic rings. The Bertz CT molecular complexity index is 812. The molecule has 0 aliphatic carbocycles. The van der Waals surface area contributed by atoms with Gasteiger partial charge in [0.2, 0.25) is 5.89 Å². The lowest BCUT2D eigenvalue weighted by molar-refractivity contribution is 0.0955. The first-order chi connectivity index (χ1) is 12.7. The summed E-state index contributed by atoms with van der Waals surface area (Å²) in [6.45, 7) is 2.18. The second kappa shape index (κ2) is 8.65. The molecule has 26 heavy (non-hydrogen) atoms. The standard InChI is InChI=1S/C21H23NO4/c1-15-20(22-21(26-15)17-5-3-2-4-6-17)11-12-25-19-9-7-16(8-10-19)13-18(24)14-23/h2-10,18,23-24H,11-14H2,1H3. The molecule has 0 bridgehead atoms. The predicted molar refractivity (Wildman–Crippen MR) is 99.1 cm³/mol. The van der Waals surface area contributed by atoms with E-state index in [1.54, 1.807) is 0 Å². The molecule has 136 valence electrons. The Morgan fingerprint density at radius 1 is 1.08 bits per heavy atom. The average Bonchev–Trinajstić information content (AvgIpc) is 3.04. The highest BCUT2D eigenvalue weighted by atomic mass is 16.5. The van der Waals surface area contributed by atoms with Gasteiger partial charge < -0.3 is 19.4 Å². The number of aryl methyl sites for hydroxylation is 1. The van der Waals surface area contributed by atoms with Crippen LogP contribution < -0.4 is 4.74 Å². The van der Waals surface area contributed by atoms with E-state index in [0.717, 1.165) is 28.3 Å². The highest BCUT2D eigenvalue weighted by Gasteiger charge is 2.11. The van der Waals surface area contributed by atoms with Crippen LogP contribution in [0.4, 0.5) is 0 Å². The van der Waals surface area contributed by atoms with Crippen LogP contribution in [0, 0.1) is 6.92 Å². The van der Waals surface area contributed by atoms with Gasteiger partial charge in [-0.15, -0.1) is 0 Å². The van der Waals surface area contributed by atoms with E-state index in [0.29, 0.717) is 25.3 Å². The summed E-state index contributed by atoms with van der Waals surface area (Å²) in [5, 5.41) is 18.3. The molecule has 1 unspecified atom stereocenters. The summed E-state index contributed by atoms with van der Waals surface area (Å²) in [6, 6.07) is 17.3. The van der Waals surface area contributed by atoms with Gasteiger partial charge in [-0.3, -0.25) is 0 Å². The summed E-state index contributed by atoms with van der Waals surface area (Å²) in [7, 11) is 0. The lowest BCUT2D eigenvalue weighted by Crippen LogP contribution is -2.14. The van der Waals surface area contributed by atoms with Crippen molar-refractivity contribution in [2.75, 3.05) is 13.2 Å². The molecule has 3 aromatic rings. The molecule has 3 rings (SSSR count). The number of rotatable bonds is 8. The number of hydrogen-bond donors (Lipinski definition) is 2. The van der Waals surface area contributed by atoms with Crippen molar-refractivity contribution in [3.8, 4) is 17.2 Å². The number of ether oxygens (including phenoxy) is 1. The van der Waals surface area contributed by atoms with Crippen molar-refractivity contribution in [2.24, 2.45) is 0 Å². The minimum absolute atomic E-state index is 0.236. The largest absolute Gasteiger partial charge is 0.493 e. The summed E-state index contributed by atoms with van der Waals surface area (Å²) < 4.78 is 11.5. The number of benzene rings is 2. The summed E-state index contributed by atoms with van der Waals surface area (Å²) in [5.74, 6) is 2.20. The van der Waals surface area contributed by atoms with Crippen LogP contribution in [-0.2, 0) is 12.8 Å². The average molecular weight is 353 g/mol. The Morgan fingerprint density at radius 2 is 1.81 bits per heavy atom. The SMILES string of the molecule is Cc1oc(-c2ccccc2)nc1CCOc1ccc(CC(O)CO)cc1. The number of nitrogens with zero attached hydrogens (tertiary/aromatic N) is 1. The van der Waals surface area contributed by atoms with Gasteiger partial charge in [-0.05, 0) is 36.8 Å². The smallest absolute Gasteiger partial charge is 0.226 e. The van der Waals surface area contributed by atoms with Crippen LogP contribution in [0.25, 0.3) is 11.5 Å². The maximum absolute atomic E-state index is 9.46. The van der Waals surface area contributed by atoms with Crippen molar-refractivity contribution in [1.29, 1.82) is 0 Å². The number of hydrogen-bond acceptors (Lipinski definition) is 5. The van der Waals surface area contributed by atoms with E-state index < -0.39 is 6.10 Å². The molecule has 2 N–H and O–H groups in total. The number of oxazole rings is 1. The van der Waals surface area contributed by atoms with E-state index in [-0.39, 0.29) is 6.61 Å². The molecule has 0 radical (unpaired) electrons. The lowest BCUT2D eigenvalue weighted by atomic mass is 10.1. The third-order valence-electron chi connectivity index (χ3n) is 4.13. The Kier molecular flexibility index (Phi) is 6.04. The maximum atomic E-state index is 9.46. The summed E-state index contributed by atoms with van der Waals surface area (Å²) in [6.07, 6.45) is 0.361. The first-order valence-corrected chi connectivity index (χ1v) is 8.68. The molecule has 2 aromatic carbocycles. The normalized spacial score (nSPS) is 12.1. The predicted octanol–water partition coefficient (Wildman–Crippen LogP) is 3.17. The second-order valence-corrected chi connectivity index (χ2v) is 6.17. The maximum Gasteiger partial charge on any atom is 0.226 e. The Hall–Kier alpha value is -2.63. The van der Waals surface area contributed by atoms with Crippen molar-refractivity contribution in [3.63, 3.8) is 0 Å². The van der Waals surface area contributed by atoms with Gasteiger partial charge >= 0.3 is 0 Å². The van der Waals surface area contributed by atoms with Gasteiger partial charge in [0, 0.05) is 18.4 Å². The topological polar surface area (TPSA) is 75.7 Å². The molecule has 1 atom stereocenters. The fraction of sp³-hybridized carbons (Fsp3) is 0.286. The number of aliphatic hydroxyl groups is 2. The van der Waals surface area contributed by atoms with Crippen LogP contribution in [0.15, 0.2) is 59.0 Å². The highest BCUT2D eigenvalue weighted by molar-refractivity contribution is 5.53. The summed E-state index contributed by atoms with van der Waals surface area (Å²) in [4.78, 5) is 4.57. The van der Waals surface area contributed by atoms with Gasteiger partial charge in [0.1, 0.15) is 11.5 Å². The van der Waals surface area contributed by atoms with E-state index >= 15 is 0 Å².